The van der Waals surface area contributed by atoms with Crippen molar-refractivity contribution in [2.24, 2.45) is 0 Å². The normalized spacial score (nSPS) is 11.8. The number of nitrogens with one attached hydrogen (secondary N) is 1. The molecule has 1 aromatic rings. The van der Waals surface area contributed by atoms with E-state index in [0.29, 0.717) is 6.04 Å². The van der Waals surface area contributed by atoms with Gasteiger partial charge in [-0.2, -0.15) is 0 Å². The van der Waals surface area contributed by atoms with Gasteiger partial charge < -0.3 is 5.32 Å². The summed E-state index contributed by atoms with van der Waals surface area (Å²) in [6.45, 7) is 6.77. The van der Waals surface area contributed by atoms with Crippen LogP contribution in [0.1, 0.15) is 31.4 Å². The van der Waals surface area contributed by atoms with Crippen molar-refractivity contribution < 1.29 is 0 Å². The standard InChI is InChI=1S/C14H19N/c1-3-4-5-9-12-15-13(2)14-10-7-6-8-11-14/h4,6-8,10-11,13,15H,1,5,9,12H2,2H3/t13-/m0/s1. The predicted octanol–water partition coefficient (Wildman–Crippen LogP) is 3.46. The molecule has 0 aromatic heterocycles. The summed E-state index contributed by atoms with van der Waals surface area (Å²) in [7, 11) is 0. The second kappa shape index (κ2) is 7.05. The fraction of sp³-hybridized carbons (Fsp3) is 0.357. The lowest BCUT2D eigenvalue weighted by molar-refractivity contribution is 0.561. The minimum atomic E-state index is 0.430. The minimum Gasteiger partial charge on any atom is -0.310 e. The number of hydrogen-bond donors (Lipinski definition) is 1. The van der Waals surface area contributed by atoms with E-state index in [4.69, 9.17) is 0 Å². The van der Waals surface area contributed by atoms with Crippen LogP contribution in [0.15, 0.2) is 48.7 Å². The molecule has 1 atom stereocenters. The Morgan fingerprint density at radius 3 is 2.80 bits per heavy atom. The molecule has 1 nitrogen and oxygen atoms in total. The molecule has 15 heavy (non-hydrogen) atoms. The summed E-state index contributed by atoms with van der Waals surface area (Å²) in [5.74, 6) is 0. The third-order valence-corrected chi connectivity index (χ3v) is 2.42. The average molecular weight is 201 g/mol. The van der Waals surface area contributed by atoms with E-state index in [1.54, 1.807) is 0 Å². The molecule has 0 aliphatic heterocycles. The second-order valence-electron chi connectivity index (χ2n) is 3.64. The molecule has 1 heteroatoms. The zero-order valence-corrected chi connectivity index (χ0v) is 9.37. The summed E-state index contributed by atoms with van der Waals surface area (Å²) < 4.78 is 0. The van der Waals surface area contributed by atoms with E-state index >= 15 is 0 Å². The third kappa shape index (κ3) is 4.64. The van der Waals surface area contributed by atoms with Gasteiger partial charge in [-0.15, -0.1) is 5.73 Å². The van der Waals surface area contributed by atoms with Gasteiger partial charge in [0, 0.05) is 6.04 Å². The largest absolute Gasteiger partial charge is 0.310 e. The lowest BCUT2D eigenvalue weighted by atomic mass is 10.1. The molecule has 0 radical (unpaired) electrons. The van der Waals surface area contributed by atoms with Gasteiger partial charge in [0.2, 0.25) is 0 Å². The highest BCUT2D eigenvalue weighted by Crippen LogP contribution is 2.10. The van der Waals surface area contributed by atoms with Crippen molar-refractivity contribution in [2.75, 3.05) is 6.54 Å². The van der Waals surface area contributed by atoms with Crippen molar-refractivity contribution in [3.8, 4) is 0 Å². The molecule has 1 rings (SSSR count). The van der Waals surface area contributed by atoms with Gasteiger partial charge in [0.25, 0.3) is 0 Å². The van der Waals surface area contributed by atoms with Gasteiger partial charge in [0.05, 0.1) is 0 Å². The van der Waals surface area contributed by atoms with Crippen LogP contribution in [0.3, 0.4) is 0 Å². The van der Waals surface area contributed by atoms with Gasteiger partial charge in [0.1, 0.15) is 0 Å². The summed E-state index contributed by atoms with van der Waals surface area (Å²) in [5.41, 5.74) is 4.13. The minimum absolute atomic E-state index is 0.430. The van der Waals surface area contributed by atoms with Crippen molar-refractivity contribution in [2.45, 2.75) is 25.8 Å². The Kier molecular flexibility index (Phi) is 5.54. The summed E-state index contributed by atoms with van der Waals surface area (Å²) in [4.78, 5) is 0. The van der Waals surface area contributed by atoms with Crippen molar-refractivity contribution >= 4 is 0 Å². The van der Waals surface area contributed by atoms with Crippen LogP contribution in [0.2, 0.25) is 0 Å². The molecule has 0 aliphatic carbocycles. The fourth-order valence-corrected chi connectivity index (χ4v) is 1.48. The summed E-state index contributed by atoms with van der Waals surface area (Å²) in [5, 5.41) is 3.49. The Hall–Kier alpha value is -1.30. The highest BCUT2D eigenvalue weighted by Gasteiger charge is 2.01. The zero-order chi connectivity index (χ0) is 10.9. The Labute approximate surface area is 92.5 Å². The highest BCUT2D eigenvalue weighted by atomic mass is 14.9. The summed E-state index contributed by atoms with van der Waals surface area (Å²) >= 11 is 0. The van der Waals surface area contributed by atoms with Gasteiger partial charge in [-0.05, 0) is 37.9 Å². The van der Waals surface area contributed by atoms with Gasteiger partial charge in [-0.1, -0.05) is 36.9 Å². The molecule has 0 bridgehead atoms. The molecular weight excluding hydrogens is 182 g/mol. The van der Waals surface area contributed by atoms with Crippen molar-refractivity contribution in [1.82, 2.24) is 5.32 Å². The van der Waals surface area contributed by atoms with E-state index in [0.717, 1.165) is 19.4 Å². The fourth-order valence-electron chi connectivity index (χ4n) is 1.48. The van der Waals surface area contributed by atoms with E-state index in [1.165, 1.54) is 5.56 Å². The maximum Gasteiger partial charge on any atom is 0.0291 e. The molecule has 80 valence electrons. The molecular formula is C14H19N. The molecule has 0 saturated heterocycles. The predicted molar refractivity (Wildman–Crippen MR) is 65.8 cm³/mol. The van der Waals surface area contributed by atoms with Gasteiger partial charge in [-0.25, -0.2) is 0 Å². The van der Waals surface area contributed by atoms with Crippen LogP contribution >= 0.6 is 0 Å². The zero-order valence-electron chi connectivity index (χ0n) is 9.37. The molecule has 0 fully saturated rings. The van der Waals surface area contributed by atoms with Crippen molar-refractivity contribution in [1.29, 1.82) is 0 Å². The second-order valence-corrected chi connectivity index (χ2v) is 3.64. The molecule has 0 heterocycles. The maximum absolute atomic E-state index is 3.54. The van der Waals surface area contributed by atoms with E-state index < -0.39 is 0 Å². The van der Waals surface area contributed by atoms with E-state index in [9.17, 15) is 0 Å². The molecule has 0 spiro atoms. The molecule has 1 N–H and O–H groups in total. The topological polar surface area (TPSA) is 12.0 Å². The number of hydrogen-bond acceptors (Lipinski definition) is 1. The third-order valence-electron chi connectivity index (χ3n) is 2.42. The van der Waals surface area contributed by atoms with Crippen LogP contribution in [0.4, 0.5) is 0 Å². The lowest BCUT2D eigenvalue weighted by Crippen LogP contribution is -2.19. The van der Waals surface area contributed by atoms with Crippen LogP contribution in [-0.4, -0.2) is 6.54 Å². The number of benzene rings is 1. The summed E-state index contributed by atoms with van der Waals surface area (Å²) in [6, 6.07) is 10.9. The Bertz CT molecular complexity index is 309. The number of allylic oxidation sites excluding steroid dienone is 1. The van der Waals surface area contributed by atoms with Crippen LogP contribution in [0.25, 0.3) is 0 Å². The maximum atomic E-state index is 3.54. The van der Waals surface area contributed by atoms with Crippen LogP contribution < -0.4 is 5.32 Å². The highest BCUT2D eigenvalue weighted by molar-refractivity contribution is 5.17. The average Bonchev–Trinajstić information content (AvgIpc) is 2.30. The van der Waals surface area contributed by atoms with Gasteiger partial charge in [0.15, 0.2) is 0 Å². The Morgan fingerprint density at radius 1 is 1.40 bits per heavy atom. The van der Waals surface area contributed by atoms with Gasteiger partial charge >= 0.3 is 0 Å². The smallest absolute Gasteiger partial charge is 0.0291 e. The van der Waals surface area contributed by atoms with E-state index in [-0.39, 0.29) is 0 Å². The van der Waals surface area contributed by atoms with E-state index in [1.807, 2.05) is 12.1 Å². The van der Waals surface area contributed by atoms with E-state index in [2.05, 4.69) is 48.8 Å². The molecule has 0 saturated carbocycles. The molecule has 1 aromatic carbocycles. The first-order chi connectivity index (χ1) is 7.34. The first kappa shape index (κ1) is 11.8. The monoisotopic (exact) mass is 201 g/mol. The molecule has 0 aliphatic rings. The quantitative estimate of drug-likeness (QED) is 0.549. The first-order valence-corrected chi connectivity index (χ1v) is 5.47. The van der Waals surface area contributed by atoms with Crippen LogP contribution in [-0.2, 0) is 0 Å². The van der Waals surface area contributed by atoms with Gasteiger partial charge in [-0.3, -0.25) is 0 Å². The Balaban J connectivity index is 2.24. The molecule has 0 unspecified atom stereocenters. The Morgan fingerprint density at radius 2 is 2.13 bits per heavy atom. The molecule has 0 amide bonds. The first-order valence-electron chi connectivity index (χ1n) is 5.47. The lowest BCUT2D eigenvalue weighted by Gasteiger charge is -2.13. The number of unbranched alkanes of at least 4 members (excludes halogenated alkanes) is 1. The van der Waals surface area contributed by atoms with Crippen LogP contribution in [0, 0.1) is 0 Å². The SMILES string of the molecule is C=C=CCCCN[C@@H](C)c1ccccc1. The van der Waals surface area contributed by atoms with Crippen molar-refractivity contribution in [3.63, 3.8) is 0 Å². The van der Waals surface area contributed by atoms with Crippen molar-refractivity contribution in [3.05, 3.63) is 54.3 Å². The summed E-state index contributed by atoms with van der Waals surface area (Å²) in [6.07, 6.45) is 4.17. The van der Waals surface area contributed by atoms with Crippen LogP contribution in [0.5, 0.6) is 0 Å². The number of rotatable bonds is 6.